The fourth-order valence-corrected chi connectivity index (χ4v) is 2.80. The Kier molecular flexibility index (Phi) is 4.11. The summed E-state index contributed by atoms with van der Waals surface area (Å²) in [6, 6.07) is -0.0141. The van der Waals surface area contributed by atoms with Gasteiger partial charge in [0.15, 0.2) is 0 Å². The third-order valence-corrected chi connectivity index (χ3v) is 3.70. The maximum atomic E-state index is 12.1. The molecule has 3 heterocycles. The zero-order valence-electron chi connectivity index (χ0n) is 12.7. The van der Waals surface area contributed by atoms with Crippen molar-refractivity contribution in [2.45, 2.75) is 57.7 Å². The summed E-state index contributed by atoms with van der Waals surface area (Å²) < 4.78 is 5.36. The van der Waals surface area contributed by atoms with Crippen LogP contribution in [0.4, 0.5) is 4.79 Å². The Morgan fingerprint density at radius 2 is 1.71 bits per heavy atom. The highest BCUT2D eigenvalue weighted by Crippen LogP contribution is 2.34. The molecule has 0 aliphatic carbocycles. The van der Waals surface area contributed by atoms with Gasteiger partial charge in [-0.05, 0) is 27.2 Å². The van der Waals surface area contributed by atoms with E-state index in [0.29, 0.717) is 13.1 Å². The van der Waals surface area contributed by atoms with Gasteiger partial charge in [-0.2, -0.15) is 0 Å². The third-order valence-electron chi connectivity index (χ3n) is 3.70. The topological polar surface area (TPSA) is 87.2 Å². The SMILES string of the molecule is CC(C)(C)OC(=O)N1C2CC1CN(C(=O)CCC(=O)O)C2. The van der Waals surface area contributed by atoms with Crippen LogP contribution in [0, 0.1) is 0 Å². The van der Waals surface area contributed by atoms with E-state index in [9.17, 15) is 14.4 Å². The van der Waals surface area contributed by atoms with Gasteiger partial charge in [-0.15, -0.1) is 0 Å². The highest BCUT2D eigenvalue weighted by atomic mass is 16.6. The van der Waals surface area contributed by atoms with Crippen molar-refractivity contribution in [3.63, 3.8) is 0 Å². The molecule has 2 unspecified atom stereocenters. The van der Waals surface area contributed by atoms with Crippen molar-refractivity contribution < 1.29 is 24.2 Å². The number of aliphatic carboxylic acids is 1. The van der Waals surface area contributed by atoms with Crippen LogP contribution in [0.2, 0.25) is 0 Å². The van der Waals surface area contributed by atoms with E-state index in [2.05, 4.69) is 0 Å². The molecule has 118 valence electrons. The molecule has 0 aromatic heterocycles. The van der Waals surface area contributed by atoms with Crippen molar-refractivity contribution in [3.05, 3.63) is 0 Å². The number of piperidine rings is 1. The van der Waals surface area contributed by atoms with Crippen molar-refractivity contribution in [2.24, 2.45) is 0 Å². The first-order chi connectivity index (χ1) is 9.67. The highest BCUT2D eigenvalue weighted by Gasteiger charge is 2.49. The number of rotatable bonds is 3. The lowest BCUT2D eigenvalue weighted by Crippen LogP contribution is -2.71. The normalized spacial score (nSPS) is 24.3. The first kappa shape index (κ1) is 15.6. The molecule has 2 amide bonds. The summed E-state index contributed by atoms with van der Waals surface area (Å²) in [5.41, 5.74) is -0.530. The molecule has 2 bridgehead atoms. The Labute approximate surface area is 123 Å². The molecule has 3 rings (SSSR count). The molecule has 0 saturated carbocycles. The second-order valence-electron chi connectivity index (χ2n) is 6.62. The molecule has 0 radical (unpaired) electrons. The van der Waals surface area contributed by atoms with E-state index in [1.54, 1.807) is 9.80 Å². The van der Waals surface area contributed by atoms with Crippen molar-refractivity contribution in [1.82, 2.24) is 9.80 Å². The summed E-state index contributed by atoms with van der Waals surface area (Å²) >= 11 is 0. The van der Waals surface area contributed by atoms with Gasteiger partial charge in [0, 0.05) is 19.5 Å². The number of fused-ring (bicyclic) bond motifs is 2. The minimum atomic E-state index is -0.971. The van der Waals surface area contributed by atoms with Crippen LogP contribution in [0.1, 0.15) is 40.0 Å². The lowest BCUT2D eigenvalue weighted by molar-refractivity contribution is -0.146. The predicted octanol–water partition coefficient (Wildman–Crippen LogP) is 1.07. The van der Waals surface area contributed by atoms with E-state index >= 15 is 0 Å². The fourth-order valence-electron chi connectivity index (χ4n) is 2.80. The van der Waals surface area contributed by atoms with E-state index in [0.717, 1.165) is 6.42 Å². The van der Waals surface area contributed by atoms with Gasteiger partial charge in [-0.1, -0.05) is 0 Å². The lowest BCUT2D eigenvalue weighted by Gasteiger charge is -2.55. The quantitative estimate of drug-likeness (QED) is 0.842. The predicted molar refractivity (Wildman–Crippen MR) is 73.7 cm³/mol. The van der Waals surface area contributed by atoms with E-state index in [-0.39, 0.29) is 36.9 Å². The first-order valence-corrected chi connectivity index (χ1v) is 7.18. The van der Waals surface area contributed by atoms with Gasteiger partial charge in [0.05, 0.1) is 18.5 Å². The van der Waals surface area contributed by atoms with Crippen molar-refractivity contribution in [3.8, 4) is 0 Å². The fraction of sp³-hybridized carbons (Fsp3) is 0.786. The van der Waals surface area contributed by atoms with Crippen LogP contribution in [-0.2, 0) is 14.3 Å². The summed E-state index contributed by atoms with van der Waals surface area (Å²) in [6.45, 7) is 6.40. The molecule has 21 heavy (non-hydrogen) atoms. The third kappa shape index (κ3) is 3.65. The van der Waals surface area contributed by atoms with Gasteiger partial charge in [0.2, 0.25) is 5.91 Å². The van der Waals surface area contributed by atoms with Crippen LogP contribution < -0.4 is 0 Å². The average Bonchev–Trinajstić information content (AvgIpc) is 2.33. The summed E-state index contributed by atoms with van der Waals surface area (Å²) in [6.07, 6.45) is 0.408. The summed E-state index contributed by atoms with van der Waals surface area (Å²) in [4.78, 5) is 37.8. The van der Waals surface area contributed by atoms with Crippen molar-refractivity contribution >= 4 is 18.0 Å². The zero-order valence-corrected chi connectivity index (χ0v) is 12.7. The van der Waals surface area contributed by atoms with E-state index < -0.39 is 11.6 Å². The Bertz CT molecular complexity index is 445. The van der Waals surface area contributed by atoms with E-state index in [4.69, 9.17) is 9.84 Å². The number of carboxylic acid groups (broad SMARTS) is 1. The van der Waals surface area contributed by atoms with E-state index in [1.807, 2.05) is 20.8 Å². The minimum absolute atomic E-state index is 0.00706. The smallest absolute Gasteiger partial charge is 0.410 e. The molecule has 3 saturated heterocycles. The van der Waals surface area contributed by atoms with Gasteiger partial charge in [0.1, 0.15) is 5.60 Å². The van der Waals surface area contributed by atoms with E-state index in [1.165, 1.54) is 0 Å². The number of carbonyl (C=O) groups excluding carboxylic acids is 2. The number of hydrogen-bond acceptors (Lipinski definition) is 4. The second-order valence-corrected chi connectivity index (χ2v) is 6.62. The second kappa shape index (κ2) is 5.54. The molecule has 3 fully saturated rings. The van der Waals surface area contributed by atoms with Crippen molar-refractivity contribution in [1.29, 1.82) is 0 Å². The Balaban J connectivity index is 1.86. The number of amides is 2. The Morgan fingerprint density at radius 3 is 2.19 bits per heavy atom. The lowest BCUT2D eigenvalue weighted by atomic mass is 9.88. The molecular formula is C14H22N2O5. The maximum absolute atomic E-state index is 12.1. The molecule has 3 aliphatic heterocycles. The van der Waals surface area contributed by atoms with Crippen LogP contribution in [0.15, 0.2) is 0 Å². The van der Waals surface area contributed by atoms with Crippen LogP contribution in [0.3, 0.4) is 0 Å². The molecule has 0 spiro atoms. The molecule has 0 aromatic rings. The van der Waals surface area contributed by atoms with Gasteiger partial charge in [0.25, 0.3) is 0 Å². The monoisotopic (exact) mass is 298 g/mol. The van der Waals surface area contributed by atoms with Crippen molar-refractivity contribution in [2.75, 3.05) is 13.1 Å². The average molecular weight is 298 g/mol. The summed E-state index contributed by atoms with van der Waals surface area (Å²) in [5, 5.41) is 8.60. The number of nitrogens with zero attached hydrogens (tertiary/aromatic N) is 2. The van der Waals surface area contributed by atoms with Gasteiger partial charge >= 0.3 is 12.1 Å². The van der Waals surface area contributed by atoms with Gasteiger partial charge < -0.3 is 14.7 Å². The van der Waals surface area contributed by atoms with Crippen LogP contribution in [-0.4, -0.2) is 63.7 Å². The molecular weight excluding hydrogens is 276 g/mol. The number of carboxylic acids is 1. The number of carbonyl (C=O) groups is 3. The Hall–Kier alpha value is -1.79. The largest absolute Gasteiger partial charge is 0.481 e. The maximum Gasteiger partial charge on any atom is 0.410 e. The van der Waals surface area contributed by atoms with Crippen LogP contribution in [0.5, 0.6) is 0 Å². The van der Waals surface area contributed by atoms with Crippen LogP contribution >= 0.6 is 0 Å². The Morgan fingerprint density at radius 1 is 1.14 bits per heavy atom. The summed E-state index contributed by atoms with van der Waals surface area (Å²) in [7, 11) is 0. The standard InChI is InChI=1S/C14H22N2O5/c1-14(2,3)21-13(20)16-9-6-10(16)8-15(7-9)11(17)4-5-12(18)19/h9-10H,4-8H2,1-3H3,(H,18,19). The molecule has 3 aliphatic rings. The number of piperazine rings is 1. The number of ether oxygens (including phenoxy) is 1. The molecule has 1 N–H and O–H groups in total. The minimum Gasteiger partial charge on any atom is -0.481 e. The molecule has 0 aromatic carbocycles. The number of hydrogen-bond donors (Lipinski definition) is 1. The first-order valence-electron chi connectivity index (χ1n) is 7.18. The summed E-state index contributed by atoms with van der Waals surface area (Å²) in [5.74, 6) is -1.13. The molecule has 7 heteroatoms. The van der Waals surface area contributed by atoms with Gasteiger partial charge in [-0.3, -0.25) is 14.5 Å². The highest BCUT2D eigenvalue weighted by molar-refractivity contribution is 5.81. The van der Waals surface area contributed by atoms with Crippen LogP contribution in [0.25, 0.3) is 0 Å². The zero-order chi connectivity index (χ0) is 15.8. The molecule has 2 atom stereocenters. The molecule has 7 nitrogen and oxygen atoms in total. The van der Waals surface area contributed by atoms with Gasteiger partial charge in [-0.25, -0.2) is 4.79 Å².